The van der Waals surface area contributed by atoms with Gasteiger partial charge in [-0.05, 0) is 63.2 Å². The molecule has 2 aromatic carbocycles. The van der Waals surface area contributed by atoms with E-state index in [1.54, 1.807) is 19.2 Å². The Morgan fingerprint density at radius 1 is 1.06 bits per heavy atom. The molecule has 0 bridgehead atoms. The summed E-state index contributed by atoms with van der Waals surface area (Å²) < 4.78 is 7.59. The second-order valence-electron chi connectivity index (χ2n) is 7.82. The van der Waals surface area contributed by atoms with Gasteiger partial charge in [-0.15, -0.1) is 24.8 Å². The van der Waals surface area contributed by atoms with E-state index in [-0.39, 0.29) is 30.7 Å². The van der Waals surface area contributed by atoms with Crippen LogP contribution in [0.4, 0.5) is 5.69 Å². The number of nitrogens with zero attached hydrogens (tertiary/aromatic N) is 3. The number of nitrogens with one attached hydrogen (secondary N) is 1. The number of carbonyl (C=O) groups excluding carboxylic acids is 1. The first kappa shape index (κ1) is 26.0. The molecule has 32 heavy (non-hydrogen) atoms. The van der Waals surface area contributed by atoms with E-state index < -0.39 is 0 Å². The molecule has 1 N–H and O–H groups in total. The Labute approximate surface area is 202 Å². The van der Waals surface area contributed by atoms with Gasteiger partial charge >= 0.3 is 0 Å². The topological polar surface area (TPSA) is 59.4 Å². The molecule has 0 radical (unpaired) electrons. The van der Waals surface area contributed by atoms with Crippen molar-refractivity contribution in [3.63, 3.8) is 0 Å². The Morgan fingerprint density at radius 3 is 2.47 bits per heavy atom. The molecule has 1 aromatic heterocycles. The molecule has 4 rings (SSSR count). The van der Waals surface area contributed by atoms with Gasteiger partial charge in [0.1, 0.15) is 11.6 Å². The fourth-order valence-electron chi connectivity index (χ4n) is 4.26. The number of likely N-dealkylation sites (tertiary alicyclic amines) is 1. The highest BCUT2D eigenvalue weighted by molar-refractivity contribution is 6.06. The van der Waals surface area contributed by atoms with Crippen molar-refractivity contribution >= 4 is 47.4 Å². The number of rotatable bonds is 6. The lowest BCUT2D eigenvalue weighted by Crippen LogP contribution is -2.25. The van der Waals surface area contributed by atoms with E-state index >= 15 is 0 Å². The Hall–Kier alpha value is -2.28. The Morgan fingerprint density at radius 2 is 1.78 bits per heavy atom. The van der Waals surface area contributed by atoms with E-state index in [4.69, 9.17) is 9.72 Å². The summed E-state index contributed by atoms with van der Waals surface area (Å²) in [6.45, 7) is 6.21. The van der Waals surface area contributed by atoms with Crippen LogP contribution in [-0.2, 0) is 13.1 Å². The smallest absolute Gasteiger partial charge is 0.259 e. The summed E-state index contributed by atoms with van der Waals surface area (Å²) in [6.07, 6.45) is 5.20. The Bertz CT molecular complexity index is 1030. The minimum atomic E-state index is -0.188. The van der Waals surface area contributed by atoms with Crippen LogP contribution in [0.25, 0.3) is 11.0 Å². The molecule has 6 nitrogen and oxygen atoms in total. The molecular formula is C24H32Cl2N4O2. The van der Waals surface area contributed by atoms with Crippen LogP contribution in [0.15, 0.2) is 42.5 Å². The molecule has 0 atom stereocenters. The SMILES string of the molecule is CCn1c(CN2CCCCCC2)nc2cc(NC(=O)c3ccccc3OC)ccc21.Cl.Cl. The standard InChI is InChI=1S/C24H30N4O2.2ClH/c1-3-28-21-13-12-18(25-24(29)19-10-6-7-11-22(19)30-2)16-20(21)26-23(28)17-27-14-8-4-5-9-15-27;;/h6-7,10-13,16H,3-5,8-9,14-15,17H2,1-2H3,(H,25,29);2*1H. The summed E-state index contributed by atoms with van der Waals surface area (Å²) in [6, 6.07) is 13.2. The van der Waals surface area contributed by atoms with Crippen molar-refractivity contribution in [2.45, 2.75) is 45.7 Å². The molecule has 1 aliphatic rings. The third-order valence-corrected chi connectivity index (χ3v) is 5.82. The first-order valence-electron chi connectivity index (χ1n) is 10.9. The highest BCUT2D eigenvalue weighted by Gasteiger charge is 2.17. The molecule has 2 heterocycles. The van der Waals surface area contributed by atoms with Crippen LogP contribution in [0.1, 0.15) is 48.8 Å². The molecule has 1 saturated heterocycles. The summed E-state index contributed by atoms with van der Waals surface area (Å²) in [5.41, 5.74) is 3.28. The monoisotopic (exact) mass is 478 g/mol. The fourth-order valence-corrected chi connectivity index (χ4v) is 4.26. The van der Waals surface area contributed by atoms with E-state index in [2.05, 4.69) is 27.8 Å². The Balaban J connectivity index is 0.00000181. The van der Waals surface area contributed by atoms with Crippen molar-refractivity contribution < 1.29 is 9.53 Å². The molecular weight excluding hydrogens is 447 g/mol. The average molecular weight is 479 g/mol. The number of hydrogen-bond donors (Lipinski definition) is 1. The van der Waals surface area contributed by atoms with Gasteiger partial charge in [0.2, 0.25) is 0 Å². The summed E-state index contributed by atoms with van der Waals surface area (Å²) >= 11 is 0. The summed E-state index contributed by atoms with van der Waals surface area (Å²) in [5, 5.41) is 2.98. The second-order valence-corrected chi connectivity index (χ2v) is 7.82. The maximum Gasteiger partial charge on any atom is 0.259 e. The van der Waals surface area contributed by atoms with E-state index in [9.17, 15) is 4.79 Å². The number of fused-ring (bicyclic) bond motifs is 1. The first-order valence-corrected chi connectivity index (χ1v) is 10.9. The molecule has 174 valence electrons. The van der Waals surface area contributed by atoms with Gasteiger partial charge in [0.05, 0.1) is 30.3 Å². The molecule has 1 fully saturated rings. The van der Waals surface area contributed by atoms with Crippen LogP contribution in [0.2, 0.25) is 0 Å². The molecule has 3 aromatic rings. The maximum atomic E-state index is 12.7. The first-order chi connectivity index (χ1) is 14.7. The van der Waals surface area contributed by atoms with Gasteiger partial charge in [0.15, 0.2) is 0 Å². The lowest BCUT2D eigenvalue weighted by molar-refractivity contribution is 0.102. The number of methoxy groups -OCH3 is 1. The van der Waals surface area contributed by atoms with Crippen LogP contribution in [0.3, 0.4) is 0 Å². The molecule has 0 aliphatic carbocycles. The summed E-state index contributed by atoms with van der Waals surface area (Å²) in [7, 11) is 1.57. The minimum absolute atomic E-state index is 0. The molecule has 8 heteroatoms. The van der Waals surface area contributed by atoms with Gasteiger partial charge in [-0.3, -0.25) is 9.69 Å². The van der Waals surface area contributed by atoms with Crippen molar-refractivity contribution in [2.24, 2.45) is 0 Å². The molecule has 1 aliphatic heterocycles. The number of aromatic nitrogens is 2. The van der Waals surface area contributed by atoms with Gasteiger partial charge in [-0.1, -0.05) is 25.0 Å². The zero-order valence-corrected chi connectivity index (χ0v) is 20.3. The van der Waals surface area contributed by atoms with E-state index in [0.29, 0.717) is 11.3 Å². The number of hydrogen-bond acceptors (Lipinski definition) is 4. The predicted molar refractivity (Wildman–Crippen MR) is 135 cm³/mol. The second kappa shape index (κ2) is 12.1. The number of anilines is 1. The zero-order chi connectivity index (χ0) is 20.9. The van der Waals surface area contributed by atoms with Gasteiger partial charge < -0.3 is 14.6 Å². The quantitative estimate of drug-likeness (QED) is 0.505. The highest BCUT2D eigenvalue weighted by Crippen LogP contribution is 2.24. The van der Waals surface area contributed by atoms with Gasteiger partial charge in [-0.25, -0.2) is 4.98 Å². The summed E-state index contributed by atoms with van der Waals surface area (Å²) in [4.78, 5) is 20.2. The average Bonchev–Trinajstić information content (AvgIpc) is 2.91. The van der Waals surface area contributed by atoms with Crippen LogP contribution >= 0.6 is 24.8 Å². The number of amides is 1. The van der Waals surface area contributed by atoms with E-state index in [1.165, 1.54) is 25.7 Å². The lowest BCUT2D eigenvalue weighted by atomic mass is 10.2. The van der Waals surface area contributed by atoms with Crippen molar-refractivity contribution in [1.82, 2.24) is 14.5 Å². The summed E-state index contributed by atoms with van der Waals surface area (Å²) in [5.74, 6) is 1.47. The van der Waals surface area contributed by atoms with Gasteiger partial charge in [0.25, 0.3) is 5.91 Å². The minimum Gasteiger partial charge on any atom is -0.496 e. The van der Waals surface area contributed by atoms with E-state index in [1.807, 2.05) is 24.3 Å². The Kier molecular flexibility index (Phi) is 9.82. The number of para-hydroxylation sites is 1. The van der Waals surface area contributed by atoms with Crippen LogP contribution < -0.4 is 10.1 Å². The third kappa shape index (κ3) is 5.74. The molecule has 0 spiro atoms. The number of ether oxygens (including phenoxy) is 1. The normalized spacial score (nSPS) is 14.2. The molecule has 0 saturated carbocycles. The number of benzene rings is 2. The number of aryl methyl sites for hydroxylation is 1. The van der Waals surface area contributed by atoms with Crippen molar-refractivity contribution in [3.05, 3.63) is 53.9 Å². The molecule has 0 unspecified atom stereocenters. The fraction of sp³-hybridized carbons (Fsp3) is 0.417. The van der Waals surface area contributed by atoms with Crippen LogP contribution in [-0.4, -0.2) is 40.6 Å². The van der Waals surface area contributed by atoms with Crippen molar-refractivity contribution in [3.8, 4) is 5.75 Å². The van der Waals surface area contributed by atoms with Gasteiger partial charge in [-0.2, -0.15) is 0 Å². The van der Waals surface area contributed by atoms with Gasteiger partial charge in [0, 0.05) is 12.2 Å². The van der Waals surface area contributed by atoms with Crippen LogP contribution in [0, 0.1) is 0 Å². The van der Waals surface area contributed by atoms with Crippen molar-refractivity contribution in [2.75, 3.05) is 25.5 Å². The largest absolute Gasteiger partial charge is 0.496 e. The number of halogens is 2. The maximum absolute atomic E-state index is 12.7. The lowest BCUT2D eigenvalue weighted by Gasteiger charge is -2.19. The van der Waals surface area contributed by atoms with Crippen molar-refractivity contribution in [1.29, 1.82) is 0 Å². The van der Waals surface area contributed by atoms with Crippen LogP contribution in [0.5, 0.6) is 5.75 Å². The third-order valence-electron chi connectivity index (χ3n) is 5.82. The number of carbonyl (C=O) groups is 1. The highest BCUT2D eigenvalue weighted by atomic mass is 35.5. The van der Waals surface area contributed by atoms with E-state index in [0.717, 1.165) is 48.7 Å². The molecule has 1 amide bonds. The number of imidazole rings is 1. The predicted octanol–water partition coefficient (Wildman–Crippen LogP) is 5.54. The zero-order valence-electron chi connectivity index (χ0n) is 18.7.